The molecule has 0 aromatic heterocycles. The van der Waals surface area contributed by atoms with Crippen molar-refractivity contribution in [3.63, 3.8) is 0 Å². The number of aliphatic hydroxyl groups is 3. The van der Waals surface area contributed by atoms with Gasteiger partial charge in [-0.2, -0.15) is 0 Å². The number of aliphatic hydroxyl groups excluding tert-OH is 2. The first-order valence-electron chi connectivity index (χ1n) is 15.4. The summed E-state index contributed by atoms with van der Waals surface area (Å²) in [6.45, 7) is 0. The Bertz CT molecular complexity index is 1480. The summed E-state index contributed by atoms with van der Waals surface area (Å²) in [6.07, 6.45) is 9.60. The van der Waals surface area contributed by atoms with Crippen molar-refractivity contribution < 1.29 is 34.8 Å². The second-order valence-corrected chi connectivity index (χ2v) is 14.1. The van der Waals surface area contributed by atoms with E-state index in [1.54, 1.807) is 14.1 Å². The highest BCUT2D eigenvalue weighted by atomic mass is 16.3. The Balaban J connectivity index is 1.39. The van der Waals surface area contributed by atoms with Crippen LogP contribution in [0.4, 0.5) is 5.69 Å². The number of primary amides is 1. The van der Waals surface area contributed by atoms with E-state index in [0.29, 0.717) is 23.0 Å². The molecule has 0 heterocycles. The third-order valence-corrected chi connectivity index (χ3v) is 11.2. The summed E-state index contributed by atoms with van der Waals surface area (Å²) < 4.78 is 0. The molecule has 3 fully saturated rings. The molecule has 3 saturated carbocycles. The van der Waals surface area contributed by atoms with E-state index in [-0.39, 0.29) is 29.7 Å². The minimum atomic E-state index is -2.64. The fourth-order valence-corrected chi connectivity index (χ4v) is 8.97. The van der Waals surface area contributed by atoms with Gasteiger partial charge in [-0.25, -0.2) is 0 Å². The monoisotopic (exact) mass is 593 g/mol. The summed E-state index contributed by atoms with van der Waals surface area (Å²) >= 11 is 0. The number of hydrogen-bond donors (Lipinski definition) is 5. The molecule has 1 amide bonds. The first-order valence-corrected chi connectivity index (χ1v) is 15.4. The van der Waals surface area contributed by atoms with Crippen LogP contribution in [0.15, 0.2) is 23.0 Å². The molecule has 0 saturated heterocycles. The van der Waals surface area contributed by atoms with Crippen LogP contribution in [0.5, 0.6) is 5.75 Å². The minimum Gasteiger partial charge on any atom is -0.508 e. The molecule has 6 N–H and O–H groups in total. The summed E-state index contributed by atoms with van der Waals surface area (Å²) in [5, 5.41) is 46.1. The van der Waals surface area contributed by atoms with E-state index in [9.17, 15) is 34.8 Å². The third kappa shape index (κ3) is 4.23. The van der Waals surface area contributed by atoms with E-state index >= 15 is 0 Å². The lowest BCUT2D eigenvalue weighted by Gasteiger charge is -2.54. The number of hydrogen-bond acceptors (Lipinski definition) is 9. The van der Waals surface area contributed by atoms with Crippen molar-refractivity contribution in [2.45, 2.75) is 75.9 Å². The molecule has 5 aliphatic rings. The quantitative estimate of drug-likeness (QED) is 0.299. The number of aromatic hydroxyl groups is 1. The number of Topliss-reactive ketones (excluding diaryl/α,β-unsaturated/α-hetero) is 2. The number of likely N-dealkylation sites (N-methyl/N-ethyl adjacent to an activating group) is 1. The van der Waals surface area contributed by atoms with Crippen LogP contribution < -0.4 is 10.6 Å². The highest BCUT2D eigenvalue weighted by Gasteiger charge is 2.64. The fraction of sp³-hybridized carbons (Fsp3) is 0.606. The van der Waals surface area contributed by atoms with Gasteiger partial charge in [0.25, 0.3) is 5.91 Å². The van der Waals surface area contributed by atoms with Crippen molar-refractivity contribution in [2.24, 2.45) is 28.9 Å². The normalized spacial score (nSPS) is 29.7. The van der Waals surface area contributed by atoms with Crippen molar-refractivity contribution in [2.75, 3.05) is 33.1 Å². The number of phenolic OH excluding ortho intramolecular Hbond substituents is 1. The van der Waals surface area contributed by atoms with Gasteiger partial charge in [0.1, 0.15) is 22.8 Å². The first-order chi connectivity index (χ1) is 20.2. The Morgan fingerprint density at radius 3 is 2.33 bits per heavy atom. The summed E-state index contributed by atoms with van der Waals surface area (Å²) in [7, 11) is 6.96. The average Bonchev–Trinajstić information content (AvgIpc) is 2.87. The molecule has 0 radical (unpaired) electrons. The number of fused-ring (bicyclic) bond motifs is 3. The molecule has 5 aliphatic carbocycles. The van der Waals surface area contributed by atoms with E-state index in [0.717, 1.165) is 24.4 Å². The largest absolute Gasteiger partial charge is 0.508 e. The second kappa shape index (κ2) is 10.1. The van der Waals surface area contributed by atoms with Gasteiger partial charge in [-0.3, -0.25) is 19.3 Å². The molecule has 10 heteroatoms. The highest BCUT2D eigenvalue weighted by Crippen LogP contribution is 2.60. The number of rotatable bonds is 7. The highest BCUT2D eigenvalue weighted by molar-refractivity contribution is 6.24. The van der Waals surface area contributed by atoms with Gasteiger partial charge in [0.2, 0.25) is 5.78 Å². The van der Waals surface area contributed by atoms with Crippen molar-refractivity contribution in [1.82, 2.24) is 4.90 Å². The molecule has 10 nitrogen and oxygen atoms in total. The lowest BCUT2D eigenvalue weighted by Crippen LogP contribution is -2.65. The van der Waals surface area contributed by atoms with E-state index < -0.39 is 58.0 Å². The van der Waals surface area contributed by atoms with Crippen molar-refractivity contribution in [1.29, 1.82) is 0 Å². The molecule has 0 bridgehead atoms. The molecule has 1 aromatic carbocycles. The Kier molecular flexibility index (Phi) is 6.97. The van der Waals surface area contributed by atoms with E-state index in [1.807, 2.05) is 25.1 Å². The molecule has 4 atom stereocenters. The first kappa shape index (κ1) is 29.7. The molecule has 6 rings (SSSR count). The Hall–Kier alpha value is -3.37. The molecule has 1 aromatic rings. The van der Waals surface area contributed by atoms with Gasteiger partial charge in [0.15, 0.2) is 11.4 Å². The Morgan fingerprint density at radius 1 is 1.09 bits per heavy atom. The summed E-state index contributed by atoms with van der Waals surface area (Å²) in [4.78, 5) is 43.1. The van der Waals surface area contributed by atoms with Gasteiger partial charge in [-0.05, 0) is 99.9 Å². The average molecular weight is 594 g/mol. The van der Waals surface area contributed by atoms with Crippen LogP contribution in [0.1, 0.15) is 68.1 Å². The van der Waals surface area contributed by atoms with Crippen molar-refractivity contribution in [3.05, 3.63) is 39.7 Å². The number of nitrogens with zero attached hydrogens (tertiary/aromatic N) is 2. The number of nitrogens with two attached hydrogens (primary N) is 1. The van der Waals surface area contributed by atoms with Crippen LogP contribution in [0.3, 0.4) is 0 Å². The fourth-order valence-electron chi connectivity index (χ4n) is 8.97. The zero-order valence-electron chi connectivity index (χ0n) is 25.4. The molecule has 0 aliphatic heterocycles. The maximum Gasteiger partial charge on any atom is 0.255 e. The number of anilines is 1. The van der Waals surface area contributed by atoms with Crippen LogP contribution in [0.2, 0.25) is 0 Å². The van der Waals surface area contributed by atoms with Gasteiger partial charge in [-0.1, -0.05) is 12.8 Å². The maximum atomic E-state index is 14.1. The summed E-state index contributed by atoms with van der Waals surface area (Å²) in [5.74, 6) is -5.55. The molecule has 1 spiro atoms. The number of benzene rings is 1. The number of amides is 1. The lowest BCUT2D eigenvalue weighted by molar-refractivity contribution is -0.153. The lowest BCUT2D eigenvalue weighted by atomic mass is 9.51. The number of phenols is 1. The van der Waals surface area contributed by atoms with Crippen molar-refractivity contribution in [3.8, 4) is 5.75 Å². The maximum absolute atomic E-state index is 14.1. The second-order valence-electron chi connectivity index (χ2n) is 14.1. The van der Waals surface area contributed by atoms with Crippen molar-refractivity contribution >= 4 is 28.9 Å². The van der Waals surface area contributed by atoms with Crippen LogP contribution >= 0.6 is 0 Å². The van der Waals surface area contributed by atoms with Crippen LogP contribution in [-0.2, 0) is 27.2 Å². The number of carbonyl (C=O) groups is 3. The molecule has 0 unspecified atom stereocenters. The summed E-state index contributed by atoms with van der Waals surface area (Å²) in [5.41, 5.74) is 4.81. The summed E-state index contributed by atoms with van der Waals surface area (Å²) in [6, 6.07) is 0.860. The van der Waals surface area contributed by atoms with E-state index in [2.05, 4.69) is 0 Å². The predicted molar refractivity (Wildman–Crippen MR) is 161 cm³/mol. The van der Waals surface area contributed by atoms with E-state index in [4.69, 9.17) is 5.73 Å². The minimum absolute atomic E-state index is 0.0734. The molecular formula is C33H43N3O7. The molecular weight excluding hydrogens is 550 g/mol. The Labute approximate surface area is 251 Å². The topological polar surface area (TPSA) is 165 Å². The number of aryl methyl sites for hydroxylation is 1. The van der Waals surface area contributed by atoms with Crippen LogP contribution in [-0.4, -0.2) is 82.6 Å². The molecule has 43 heavy (non-hydrogen) atoms. The predicted octanol–water partition coefficient (Wildman–Crippen LogP) is 2.93. The van der Waals surface area contributed by atoms with Gasteiger partial charge in [0.05, 0.1) is 11.6 Å². The SMILES string of the molecule is CN(C)c1cc(CCCC2CC3(CCC3)C2)c(O)c2c1C[C@H]1C[C@H]3[C@H](N(C)C)C(=O)C(C(N)=O)=C(O)[C@@]3(O)C(=O)C1=C2O. The van der Waals surface area contributed by atoms with Gasteiger partial charge >= 0.3 is 0 Å². The van der Waals surface area contributed by atoms with Crippen LogP contribution in [0.25, 0.3) is 5.76 Å². The van der Waals surface area contributed by atoms with Crippen LogP contribution in [0, 0.1) is 23.2 Å². The third-order valence-electron chi connectivity index (χ3n) is 11.2. The zero-order chi connectivity index (χ0) is 31.2. The standard InChI is InChI=1S/C33H43N3O7/c1-35(2)21-13-17(8-5-7-16-14-32(15-16)9-6-10-32)26(37)23-19(21)11-18-12-20-25(36(3)4)28(39)24(31(34)42)30(41)33(20,43)29(40)22(18)27(23)38/h13,16,18,20,25,37-38,41,43H,5-12,14-15H2,1-4H3,(H2,34,42)/t18-,20-,25-,33-/m0/s1. The number of carbonyl (C=O) groups excluding carboxylic acids is 3. The van der Waals surface area contributed by atoms with Gasteiger partial charge in [-0.15, -0.1) is 0 Å². The van der Waals surface area contributed by atoms with Gasteiger partial charge in [0, 0.05) is 31.3 Å². The molecule has 232 valence electrons. The van der Waals surface area contributed by atoms with Gasteiger partial charge < -0.3 is 31.1 Å². The number of ketones is 2. The van der Waals surface area contributed by atoms with E-state index in [1.165, 1.54) is 37.0 Å². The zero-order valence-corrected chi connectivity index (χ0v) is 25.4. The Morgan fingerprint density at radius 2 is 1.77 bits per heavy atom. The smallest absolute Gasteiger partial charge is 0.255 e.